The van der Waals surface area contributed by atoms with Gasteiger partial charge in [-0.25, -0.2) is 8.42 Å². The fourth-order valence-corrected chi connectivity index (χ4v) is 5.37. The number of hydrogen-bond acceptors (Lipinski definition) is 3. The summed E-state index contributed by atoms with van der Waals surface area (Å²) in [6.45, 7) is 1.25. The summed E-state index contributed by atoms with van der Waals surface area (Å²) in [5.41, 5.74) is 0.470. The van der Waals surface area contributed by atoms with E-state index in [1.165, 1.54) is 31.4 Å². The lowest BCUT2D eigenvalue weighted by Crippen LogP contribution is -2.44. The van der Waals surface area contributed by atoms with E-state index in [-0.39, 0.29) is 10.8 Å². The van der Waals surface area contributed by atoms with Gasteiger partial charge in [-0.1, -0.05) is 19.3 Å². The van der Waals surface area contributed by atoms with Crippen molar-refractivity contribution in [3.63, 3.8) is 0 Å². The van der Waals surface area contributed by atoms with Crippen molar-refractivity contribution < 1.29 is 13.2 Å². The van der Waals surface area contributed by atoms with Gasteiger partial charge in [0.25, 0.3) is 5.91 Å². The van der Waals surface area contributed by atoms with Crippen molar-refractivity contribution in [2.24, 2.45) is 11.8 Å². The molecule has 2 atom stereocenters. The van der Waals surface area contributed by atoms with Crippen LogP contribution in [0.15, 0.2) is 29.2 Å². The summed E-state index contributed by atoms with van der Waals surface area (Å²) in [6.07, 6.45) is 5.87. The second-order valence-corrected chi connectivity index (χ2v) is 8.50. The van der Waals surface area contributed by atoms with Crippen LogP contribution in [0.25, 0.3) is 0 Å². The van der Waals surface area contributed by atoms with Gasteiger partial charge in [0.1, 0.15) is 0 Å². The van der Waals surface area contributed by atoms with Crippen LogP contribution in [-0.2, 0) is 10.0 Å². The Balaban J connectivity index is 1.77. The molecule has 1 heterocycles. The molecule has 0 bridgehead atoms. The minimum absolute atomic E-state index is 0.211. The highest BCUT2D eigenvalue weighted by molar-refractivity contribution is 7.89. The molecule has 1 amide bonds. The Morgan fingerprint density at radius 2 is 1.74 bits per heavy atom. The zero-order valence-electron chi connectivity index (χ0n) is 13.5. The molecular weight excluding hydrogens is 312 g/mol. The molecule has 23 heavy (non-hydrogen) atoms. The van der Waals surface area contributed by atoms with Gasteiger partial charge in [0.15, 0.2) is 0 Å². The highest BCUT2D eigenvalue weighted by atomic mass is 32.2. The molecule has 1 aromatic rings. The summed E-state index contributed by atoms with van der Waals surface area (Å²) in [4.78, 5) is 11.8. The van der Waals surface area contributed by atoms with Crippen LogP contribution in [-0.4, -0.2) is 38.8 Å². The van der Waals surface area contributed by atoms with Crippen LogP contribution in [0.4, 0.5) is 0 Å². The van der Waals surface area contributed by atoms with Gasteiger partial charge < -0.3 is 5.32 Å². The molecule has 5 nitrogen and oxygen atoms in total. The predicted molar refractivity (Wildman–Crippen MR) is 88.7 cm³/mol. The van der Waals surface area contributed by atoms with Gasteiger partial charge in [-0.05, 0) is 48.9 Å². The van der Waals surface area contributed by atoms with E-state index in [1.54, 1.807) is 23.5 Å². The van der Waals surface area contributed by atoms with E-state index in [1.807, 2.05) is 0 Å². The number of sulfonamides is 1. The summed E-state index contributed by atoms with van der Waals surface area (Å²) in [5.74, 6) is 1.00. The monoisotopic (exact) mass is 336 g/mol. The first-order valence-corrected chi connectivity index (χ1v) is 9.78. The number of fused-ring (bicyclic) bond motifs is 1. The molecule has 0 unspecified atom stereocenters. The first-order valence-electron chi connectivity index (χ1n) is 8.34. The van der Waals surface area contributed by atoms with Crippen molar-refractivity contribution in [3.05, 3.63) is 29.8 Å². The maximum absolute atomic E-state index is 12.8. The van der Waals surface area contributed by atoms with E-state index in [0.29, 0.717) is 30.5 Å². The number of rotatable bonds is 3. The Bertz CT molecular complexity index is 670. The summed E-state index contributed by atoms with van der Waals surface area (Å²) in [7, 11) is -1.90. The molecule has 0 spiro atoms. The molecule has 2 aliphatic rings. The molecule has 1 aromatic carbocycles. The molecule has 6 heteroatoms. The maximum atomic E-state index is 12.8. The molecule has 1 aliphatic carbocycles. The van der Waals surface area contributed by atoms with Gasteiger partial charge >= 0.3 is 0 Å². The van der Waals surface area contributed by atoms with Crippen LogP contribution < -0.4 is 5.32 Å². The molecule has 0 aromatic heterocycles. The quantitative estimate of drug-likeness (QED) is 0.920. The third-order valence-electron chi connectivity index (χ3n) is 5.24. The van der Waals surface area contributed by atoms with Gasteiger partial charge in [-0.2, -0.15) is 4.31 Å². The molecule has 2 fully saturated rings. The van der Waals surface area contributed by atoms with Crippen molar-refractivity contribution in [2.75, 3.05) is 20.1 Å². The zero-order chi connectivity index (χ0) is 16.4. The Kier molecular flexibility index (Phi) is 4.73. The van der Waals surface area contributed by atoms with Crippen molar-refractivity contribution in [3.8, 4) is 0 Å². The highest BCUT2D eigenvalue weighted by Crippen LogP contribution is 2.37. The number of carbonyl (C=O) groups is 1. The number of carbonyl (C=O) groups excluding carboxylic acids is 1. The van der Waals surface area contributed by atoms with Crippen LogP contribution in [0.5, 0.6) is 0 Å². The van der Waals surface area contributed by atoms with E-state index in [4.69, 9.17) is 0 Å². The van der Waals surface area contributed by atoms with Crippen molar-refractivity contribution >= 4 is 15.9 Å². The van der Waals surface area contributed by atoms with E-state index in [2.05, 4.69) is 5.32 Å². The number of benzene rings is 1. The minimum atomic E-state index is -3.46. The third-order valence-corrected chi connectivity index (χ3v) is 7.11. The van der Waals surface area contributed by atoms with E-state index < -0.39 is 10.0 Å². The lowest BCUT2D eigenvalue weighted by atomic mass is 9.76. The number of hydrogen-bond donors (Lipinski definition) is 1. The van der Waals surface area contributed by atoms with Crippen LogP contribution in [0.2, 0.25) is 0 Å². The summed E-state index contributed by atoms with van der Waals surface area (Å²) >= 11 is 0. The summed E-state index contributed by atoms with van der Waals surface area (Å²) in [6, 6.07) is 6.21. The van der Waals surface area contributed by atoms with Crippen LogP contribution in [0.3, 0.4) is 0 Å². The Labute approximate surface area is 138 Å². The maximum Gasteiger partial charge on any atom is 0.251 e. The summed E-state index contributed by atoms with van der Waals surface area (Å²) in [5, 5.41) is 2.54. The number of nitrogens with zero attached hydrogens (tertiary/aromatic N) is 1. The molecule has 3 rings (SSSR count). The van der Waals surface area contributed by atoms with Crippen LogP contribution in [0, 0.1) is 11.8 Å². The van der Waals surface area contributed by atoms with Gasteiger partial charge in [0.2, 0.25) is 10.0 Å². The zero-order valence-corrected chi connectivity index (χ0v) is 14.3. The molecule has 126 valence electrons. The molecule has 1 saturated carbocycles. The van der Waals surface area contributed by atoms with Crippen molar-refractivity contribution in [1.82, 2.24) is 9.62 Å². The molecule has 1 saturated heterocycles. The van der Waals surface area contributed by atoms with E-state index in [0.717, 1.165) is 12.8 Å². The van der Waals surface area contributed by atoms with E-state index in [9.17, 15) is 13.2 Å². The number of amides is 1. The van der Waals surface area contributed by atoms with Crippen LogP contribution >= 0.6 is 0 Å². The molecule has 1 aliphatic heterocycles. The minimum Gasteiger partial charge on any atom is -0.355 e. The van der Waals surface area contributed by atoms with Crippen molar-refractivity contribution in [2.45, 2.75) is 37.0 Å². The third kappa shape index (κ3) is 3.28. The summed E-state index contributed by atoms with van der Waals surface area (Å²) < 4.78 is 27.3. The smallest absolute Gasteiger partial charge is 0.251 e. The molecular formula is C17H24N2O3S. The first kappa shape index (κ1) is 16.5. The van der Waals surface area contributed by atoms with Gasteiger partial charge in [-0.15, -0.1) is 0 Å². The standard InChI is InChI=1S/C17H24N2O3S/c1-18-17(20)14-6-8-16(9-7-14)23(21,22)19-11-10-13-4-2-3-5-15(13)12-19/h6-9,13,15H,2-5,10-12H2,1H3,(H,18,20)/t13-,15-/m0/s1. The van der Waals surface area contributed by atoms with Crippen LogP contribution in [0.1, 0.15) is 42.5 Å². The second kappa shape index (κ2) is 6.61. The largest absolute Gasteiger partial charge is 0.355 e. The van der Waals surface area contributed by atoms with Gasteiger partial charge in [-0.3, -0.25) is 4.79 Å². The Morgan fingerprint density at radius 1 is 1.09 bits per heavy atom. The predicted octanol–water partition coefficient (Wildman–Crippen LogP) is 2.25. The average molecular weight is 336 g/mol. The highest BCUT2D eigenvalue weighted by Gasteiger charge is 2.36. The lowest BCUT2D eigenvalue weighted by molar-refractivity contribution is 0.0963. The first-order chi connectivity index (χ1) is 11.0. The topological polar surface area (TPSA) is 66.5 Å². The number of nitrogens with one attached hydrogen (secondary N) is 1. The average Bonchev–Trinajstić information content (AvgIpc) is 2.60. The fourth-order valence-electron chi connectivity index (χ4n) is 3.86. The second-order valence-electron chi connectivity index (χ2n) is 6.56. The lowest BCUT2D eigenvalue weighted by Gasteiger charge is -2.40. The SMILES string of the molecule is CNC(=O)c1ccc(S(=O)(=O)N2CC[C@@H]3CCCC[C@H]3C2)cc1. The fraction of sp³-hybridized carbons (Fsp3) is 0.588. The van der Waals surface area contributed by atoms with E-state index >= 15 is 0 Å². The Morgan fingerprint density at radius 3 is 2.39 bits per heavy atom. The molecule has 1 N–H and O–H groups in total. The molecule has 0 radical (unpaired) electrons. The van der Waals surface area contributed by atoms with Gasteiger partial charge in [0, 0.05) is 25.7 Å². The van der Waals surface area contributed by atoms with Crippen molar-refractivity contribution in [1.29, 1.82) is 0 Å². The van der Waals surface area contributed by atoms with Gasteiger partial charge in [0.05, 0.1) is 4.90 Å². The normalized spacial score (nSPS) is 25.6. The number of piperidine rings is 1. The Hall–Kier alpha value is -1.40.